The predicted octanol–water partition coefficient (Wildman–Crippen LogP) is 4.94. The number of hydrogen-bond acceptors (Lipinski definition) is 9. The van der Waals surface area contributed by atoms with Gasteiger partial charge >= 0.3 is 0 Å². The first-order valence-electron chi connectivity index (χ1n) is 13.7. The van der Waals surface area contributed by atoms with Gasteiger partial charge in [-0.3, -0.25) is 24.3 Å². The van der Waals surface area contributed by atoms with Crippen molar-refractivity contribution in [1.29, 1.82) is 0 Å². The van der Waals surface area contributed by atoms with Crippen LogP contribution in [-0.2, 0) is 4.79 Å². The summed E-state index contributed by atoms with van der Waals surface area (Å²) in [6.45, 7) is 6.51. The summed E-state index contributed by atoms with van der Waals surface area (Å²) in [7, 11) is 3.07. The molecule has 5 rings (SSSR count). The number of amides is 1. The third-order valence-electron chi connectivity index (χ3n) is 7.36. The molecule has 0 fully saturated rings. The molecule has 0 saturated carbocycles. The number of benzene rings is 2. The van der Waals surface area contributed by atoms with Crippen LogP contribution >= 0.6 is 22.9 Å². The number of carbonyl (C=O) groups is 1. The number of rotatable bonds is 9. The van der Waals surface area contributed by atoms with Gasteiger partial charge in [0.15, 0.2) is 4.80 Å². The fourth-order valence-corrected chi connectivity index (χ4v) is 6.38. The number of likely N-dealkylation sites (N-methyl/N-ethyl adjacent to an activating group) is 1. The molecule has 1 aliphatic rings. The van der Waals surface area contributed by atoms with Crippen molar-refractivity contribution in [2.24, 2.45) is 4.99 Å². The van der Waals surface area contributed by atoms with E-state index in [1.807, 2.05) is 13.8 Å². The van der Waals surface area contributed by atoms with Gasteiger partial charge < -0.3 is 18.8 Å². The van der Waals surface area contributed by atoms with E-state index in [0.29, 0.717) is 67.8 Å². The normalized spacial score (nSPS) is 14.7. The van der Waals surface area contributed by atoms with Crippen molar-refractivity contribution in [3.05, 3.63) is 106 Å². The molecular formula is C31H29ClN4O7S. The standard InChI is InChI=1S/C31H29ClN4O7S/c1-6-34(7-2)30(38)27-17(3)33-31-35(28(27)22-15-19(41-4)9-12-24(22)42-5)29(37)26(44-31)16-20-10-13-25(43-20)21-14-18(36(39)40)8-11-23(21)32/h8-16,28H,6-7H2,1-5H3/b26-16+/t28-/m0/s1. The zero-order valence-electron chi connectivity index (χ0n) is 24.6. The highest BCUT2D eigenvalue weighted by Gasteiger charge is 2.36. The lowest BCUT2D eigenvalue weighted by atomic mass is 9.93. The minimum Gasteiger partial charge on any atom is -0.497 e. The SMILES string of the molecule is CCN(CC)C(=O)C1=C(C)N=c2s/c(=C/c3ccc(-c4cc([N+](=O)[O-])ccc4Cl)o3)c(=O)n2[C@H]1c1cc(OC)ccc1OC. The summed E-state index contributed by atoms with van der Waals surface area (Å²) < 4.78 is 18.9. The van der Waals surface area contributed by atoms with Gasteiger partial charge in [0.05, 0.1) is 40.0 Å². The summed E-state index contributed by atoms with van der Waals surface area (Å²) in [6, 6.07) is 11.7. The van der Waals surface area contributed by atoms with Crippen molar-refractivity contribution in [3.8, 4) is 22.8 Å². The smallest absolute Gasteiger partial charge is 0.271 e. The number of thiazole rings is 1. The number of nitro groups is 1. The van der Waals surface area contributed by atoms with Crippen molar-refractivity contribution in [2.75, 3.05) is 27.3 Å². The summed E-state index contributed by atoms with van der Waals surface area (Å²) in [5.74, 6) is 1.42. The number of carbonyl (C=O) groups excluding carboxylic acids is 1. The van der Waals surface area contributed by atoms with Crippen LogP contribution in [0.2, 0.25) is 5.02 Å². The van der Waals surface area contributed by atoms with Crippen LogP contribution < -0.4 is 24.4 Å². The van der Waals surface area contributed by atoms with E-state index >= 15 is 0 Å². The number of furan rings is 1. The Bertz CT molecular complexity index is 1990. The van der Waals surface area contributed by atoms with Crippen molar-refractivity contribution >= 4 is 40.6 Å². The van der Waals surface area contributed by atoms with E-state index < -0.39 is 11.0 Å². The number of allylic oxidation sites excluding steroid dienone is 1. The molecule has 0 N–H and O–H groups in total. The minimum atomic E-state index is -0.845. The van der Waals surface area contributed by atoms with Crippen LogP contribution in [0.3, 0.4) is 0 Å². The van der Waals surface area contributed by atoms with Crippen LogP contribution in [-0.4, -0.2) is 47.6 Å². The zero-order valence-corrected chi connectivity index (χ0v) is 26.2. The Kier molecular flexibility index (Phi) is 8.75. The quantitative estimate of drug-likeness (QED) is 0.188. The van der Waals surface area contributed by atoms with Crippen LogP contribution in [0.5, 0.6) is 11.5 Å². The maximum atomic E-state index is 14.1. The van der Waals surface area contributed by atoms with Crippen LogP contribution in [0.4, 0.5) is 5.69 Å². The fourth-order valence-electron chi connectivity index (χ4n) is 5.14. The summed E-state index contributed by atoms with van der Waals surface area (Å²) in [6.07, 6.45) is 1.57. The van der Waals surface area contributed by atoms with Crippen LogP contribution in [0.25, 0.3) is 17.4 Å². The lowest BCUT2D eigenvalue weighted by molar-refractivity contribution is -0.384. The molecule has 4 aromatic rings. The van der Waals surface area contributed by atoms with Crippen LogP contribution in [0.15, 0.2) is 74.0 Å². The Hall–Kier alpha value is -4.68. The first-order chi connectivity index (χ1) is 21.1. The molecule has 13 heteroatoms. The Morgan fingerprint density at radius 3 is 2.57 bits per heavy atom. The van der Waals surface area contributed by atoms with E-state index in [1.54, 1.807) is 55.3 Å². The number of ether oxygens (including phenoxy) is 2. The minimum absolute atomic E-state index is 0.130. The summed E-state index contributed by atoms with van der Waals surface area (Å²) in [4.78, 5) is 45.6. The Morgan fingerprint density at radius 2 is 1.91 bits per heavy atom. The van der Waals surface area contributed by atoms with Crippen molar-refractivity contribution in [1.82, 2.24) is 9.47 Å². The highest BCUT2D eigenvalue weighted by molar-refractivity contribution is 7.07. The van der Waals surface area contributed by atoms with Gasteiger partial charge in [0, 0.05) is 42.4 Å². The van der Waals surface area contributed by atoms with Gasteiger partial charge in [-0.15, -0.1) is 0 Å². The molecule has 1 amide bonds. The Morgan fingerprint density at radius 1 is 1.16 bits per heavy atom. The molecule has 0 aliphatic carbocycles. The van der Waals surface area contributed by atoms with E-state index in [9.17, 15) is 19.7 Å². The van der Waals surface area contributed by atoms with E-state index in [1.165, 1.54) is 29.9 Å². The monoisotopic (exact) mass is 636 g/mol. The maximum Gasteiger partial charge on any atom is 0.271 e. The number of nitro benzene ring substituents is 1. The highest BCUT2D eigenvalue weighted by Crippen LogP contribution is 2.38. The highest BCUT2D eigenvalue weighted by atomic mass is 35.5. The van der Waals surface area contributed by atoms with Gasteiger partial charge in [0.25, 0.3) is 17.2 Å². The second kappa shape index (κ2) is 12.5. The molecule has 228 valence electrons. The zero-order chi connectivity index (χ0) is 31.7. The molecule has 1 aliphatic heterocycles. The molecule has 44 heavy (non-hydrogen) atoms. The lowest BCUT2D eigenvalue weighted by Crippen LogP contribution is -2.43. The molecule has 2 aromatic carbocycles. The van der Waals surface area contributed by atoms with E-state index in [4.69, 9.17) is 30.5 Å². The number of hydrogen-bond donors (Lipinski definition) is 0. The van der Waals surface area contributed by atoms with Crippen LogP contribution in [0.1, 0.15) is 38.1 Å². The second-order valence-electron chi connectivity index (χ2n) is 9.79. The predicted molar refractivity (Wildman–Crippen MR) is 167 cm³/mol. The second-order valence-corrected chi connectivity index (χ2v) is 11.2. The molecule has 0 saturated heterocycles. The molecule has 0 unspecified atom stereocenters. The maximum absolute atomic E-state index is 14.1. The van der Waals surface area contributed by atoms with Gasteiger partial charge in [-0.1, -0.05) is 22.9 Å². The summed E-state index contributed by atoms with van der Waals surface area (Å²) in [5, 5.41) is 11.6. The van der Waals surface area contributed by atoms with E-state index in [-0.39, 0.29) is 22.2 Å². The largest absolute Gasteiger partial charge is 0.497 e. The molecule has 0 radical (unpaired) electrons. The van der Waals surface area contributed by atoms with E-state index in [2.05, 4.69) is 0 Å². The number of non-ortho nitro benzene ring substituents is 1. The Balaban J connectivity index is 1.69. The number of aromatic nitrogens is 1. The third-order valence-corrected chi connectivity index (χ3v) is 8.67. The van der Waals surface area contributed by atoms with Crippen molar-refractivity contribution < 1.29 is 23.6 Å². The first kappa shape index (κ1) is 30.8. The van der Waals surface area contributed by atoms with Gasteiger partial charge in [-0.05, 0) is 57.2 Å². The lowest BCUT2D eigenvalue weighted by Gasteiger charge is -2.30. The van der Waals surface area contributed by atoms with Gasteiger partial charge in [-0.2, -0.15) is 0 Å². The number of halogens is 1. The molecule has 11 nitrogen and oxygen atoms in total. The molecule has 0 bridgehead atoms. The van der Waals surface area contributed by atoms with Gasteiger partial charge in [0.1, 0.15) is 29.1 Å². The topological polar surface area (TPSA) is 129 Å². The number of fused-ring (bicyclic) bond motifs is 1. The molecule has 3 heterocycles. The fraction of sp³-hybridized carbons (Fsp3) is 0.258. The molecule has 0 spiro atoms. The Labute approximate surface area is 261 Å². The number of methoxy groups -OCH3 is 2. The van der Waals surface area contributed by atoms with Gasteiger partial charge in [-0.25, -0.2) is 4.99 Å². The van der Waals surface area contributed by atoms with Crippen molar-refractivity contribution in [2.45, 2.75) is 26.8 Å². The number of nitrogens with zero attached hydrogens (tertiary/aromatic N) is 4. The third kappa shape index (κ3) is 5.53. The van der Waals surface area contributed by atoms with Crippen molar-refractivity contribution in [3.63, 3.8) is 0 Å². The first-order valence-corrected chi connectivity index (χ1v) is 14.9. The molecular weight excluding hydrogens is 608 g/mol. The van der Waals surface area contributed by atoms with E-state index in [0.717, 1.165) is 11.3 Å². The average molecular weight is 637 g/mol. The summed E-state index contributed by atoms with van der Waals surface area (Å²) >= 11 is 7.46. The molecule has 1 atom stereocenters. The average Bonchev–Trinajstić information content (AvgIpc) is 3.60. The van der Waals surface area contributed by atoms with Crippen LogP contribution in [0, 0.1) is 10.1 Å². The van der Waals surface area contributed by atoms with Gasteiger partial charge in [0.2, 0.25) is 0 Å². The molecule has 2 aromatic heterocycles. The summed E-state index contributed by atoms with van der Waals surface area (Å²) in [5.41, 5.74) is 1.26.